The molecule has 0 saturated carbocycles. The van der Waals surface area contributed by atoms with Crippen LogP contribution in [-0.2, 0) is 0 Å². The third-order valence-electron chi connectivity index (χ3n) is 4.19. The van der Waals surface area contributed by atoms with E-state index in [0.717, 1.165) is 14.8 Å². The predicted molar refractivity (Wildman–Crippen MR) is 120 cm³/mol. The highest BCUT2D eigenvalue weighted by Gasteiger charge is 2.11. The van der Waals surface area contributed by atoms with E-state index in [1.54, 1.807) is 4.57 Å². The van der Waals surface area contributed by atoms with E-state index in [1.165, 1.54) is 0 Å². The highest BCUT2D eigenvalue weighted by atomic mass is 127. The molecule has 0 amide bonds. The van der Waals surface area contributed by atoms with Crippen LogP contribution in [-0.4, -0.2) is 9.55 Å². The number of halogens is 2. The van der Waals surface area contributed by atoms with E-state index in [4.69, 9.17) is 16.6 Å². The third kappa shape index (κ3) is 3.68. The van der Waals surface area contributed by atoms with Crippen molar-refractivity contribution < 1.29 is 0 Å². The highest BCUT2D eigenvalue weighted by molar-refractivity contribution is 14.1. The molecule has 1 heterocycles. The first kappa shape index (κ1) is 17.9. The molecule has 0 fully saturated rings. The fraction of sp³-hybridized carbons (Fsp3) is 0. The summed E-state index contributed by atoms with van der Waals surface area (Å²) in [6, 6.07) is 22.8. The summed E-state index contributed by atoms with van der Waals surface area (Å²) in [5, 5.41) is 1.25. The summed E-state index contributed by atoms with van der Waals surface area (Å²) in [5.41, 5.74) is 2.22. The van der Waals surface area contributed by atoms with Crippen molar-refractivity contribution in [3.63, 3.8) is 0 Å². The minimum absolute atomic E-state index is 0.0940. The Labute approximate surface area is 175 Å². The Bertz CT molecular complexity index is 1220. The topological polar surface area (TPSA) is 34.9 Å². The van der Waals surface area contributed by atoms with Crippen LogP contribution in [0.3, 0.4) is 0 Å². The molecule has 0 spiro atoms. The SMILES string of the molecule is O=c1c2cc(I)ccc2nc(C=Cc2ccccc2Cl)n1-c1ccccc1. The van der Waals surface area contributed by atoms with Gasteiger partial charge < -0.3 is 0 Å². The lowest BCUT2D eigenvalue weighted by atomic mass is 10.2. The van der Waals surface area contributed by atoms with Crippen molar-refractivity contribution in [1.29, 1.82) is 0 Å². The zero-order valence-electron chi connectivity index (χ0n) is 14.1. The van der Waals surface area contributed by atoms with Crippen molar-refractivity contribution >= 4 is 57.2 Å². The van der Waals surface area contributed by atoms with E-state index in [9.17, 15) is 4.79 Å². The number of hydrogen-bond acceptors (Lipinski definition) is 2. The van der Waals surface area contributed by atoms with Gasteiger partial charge in [-0.25, -0.2) is 4.98 Å². The van der Waals surface area contributed by atoms with E-state index < -0.39 is 0 Å². The summed E-state index contributed by atoms with van der Waals surface area (Å²) < 4.78 is 2.63. The smallest absolute Gasteiger partial charge is 0.266 e. The normalized spacial score (nSPS) is 11.3. The van der Waals surface area contributed by atoms with Gasteiger partial charge in [0, 0.05) is 8.59 Å². The number of benzene rings is 3. The van der Waals surface area contributed by atoms with Gasteiger partial charge in [0.2, 0.25) is 0 Å². The third-order valence-corrected chi connectivity index (χ3v) is 5.20. The van der Waals surface area contributed by atoms with Gasteiger partial charge in [0.25, 0.3) is 5.56 Å². The van der Waals surface area contributed by atoms with Crippen LogP contribution in [0.4, 0.5) is 0 Å². The van der Waals surface area contributed by atoms with E-state index in [-0.39, 0.29) is 5.56 Å². The van der Waals surface area contributed by atoms with Gasteiger partial charge in [-0.05, 0) is 76.7 Å². The summed E-state index contributed by atoms with van der Waals surface area (Å²) in [7, 11) is 0. The standard InChI is InChI=1S/C22H14ClIN2O/c23-19-9-5-4-6-15(19)10-13-21-25-20-12-11-16(24)14-18(20)22(27)26(21)17-7-2-1-3-8-17/h1-14H. The number of hydrogen-bond donors (Lipinski definition) is 0. The van der Waals surface area contributed by atoms with E-state index in [2.05, 4.69) is 22.6 Å². The molecule has 3 aromatic carbocycles. The van der Waals surface area contributed by atoms with Crippen molar-refractivity contribution in [2.45, 2.75) is 0 Å². The minimum Gasteiger partial charge on any atom is -0.268 e. The molecule has 5 heteroatoms. The molecule has 0 aliphatic heterocycles. The number of fused-ring (bicyclic) bond motifs is 1. The molecule has 0 saturated heterocycles. The predicted octanol–water partition coefficient (Wildman–Crippen LogP) is 5.81. The molecule has 132 valence electrons. The van der Waals surface area contributed by atoms with Gasteiger partial charge in [-0.3, -0.25) is 9.36 Å². The van der Waals surface area contributed by atoms with Crippen LogP contribution in [0.25, 0.3) is 28.7 Å². The molecule has 0 bridgehead atoms. The summed E-state index contributed by atoms with van der Waals surface area (Å²) in [4.78, 5) is 18.0. The zero-order chi connectivity index (χ0) is 18.8. The summed E-state index contributed by atoms with van der Waals surface area (Å²) in [6.07, 6.45) is 3.70. The van der Waals surface area contributed by atoms with Crippen molar-refractivity contribution in [2.75, 3.05) is 0 Å². The van der Waals surface area contributed by atoms with E-state index >= 15 is 0 Å². The molecular formula is C22H14ClIN2O. The first-order valence-electron chi connectivity index (χ1n) is 8.34. The Morgan fingerprint density at radius 3 is 2.44 bits per heavy atom. The van der Waals surface area contributed by atoms with Gasteiger partial charge in [-0.1, -0.05) is 48.0 Å². The summed E-state index contributed by atoms with van der Waals surface area (Å²) >= 11 is 8.45. The van der Waals surface area contributed by atoms with Crippen LogP contribution in [0.15, 0.2) is 77.6 Å². The van der Waals surface area contributed by atoms with Gasteiger partial charge in [-0.15, -0.1) is 0 Å². The molecule has 0 unspecified atom stereocenters. The maximum absolute atomic E-state index is 13.2. The quantitative estimate of drug-likeness (QED) is 0.344. The number of rotatable bonds is 3. The maximum atomic E-state index is 13.2. The lowest BCUT2D eigenvalue weighted by Gasteiger charge is -2.11. The molecule has 0 atom stereocenters. The number of aromatic nitrogens is 2. The second-order valence-electron chi connectivity index (χ2n) is 5.96. The number of nitrogens with zero attached hydrogens (tertiary/aromatic N) is 2. The largest absolute Gasteiger partial charge is 0.268 e. The molecule has 4 aromatic rings. The average Bonchev–Trinajstić information content (AvgIpc) is 2.69. The van der Waals surface area contributed by atoms with Gasteiger partial charge in [0.05, 0.1) is 16.6 Å². The van der Waals surface area contributed by atoms with E-state index in [1.807, 2.05) is 84.9 Å². The lowest BCUT2D eigenvalue weighted by molar-refractivity contribution is 0.944. The molecule has 27 heavy (non-hydrogen) atoms. The van der Waals surface area contributed by atoms with Crippen LogP contribution >= 0.6 is 34.2 Å². The molecule has 0 aliphatic rings. The molecule has 3 nitrogen and oxygen atoms in total. The Hall–Kier alpha value is -2.44. The highest BCUT2D eigenvalue weighted by Crippen LogP contribution is 2.20. The molecular weight excluding hydrogens is 471 g/mol. The monoisotopic (exact) mass is 484 g/mol. The second-order valence-corrected chi connectivity index (χ2v) is 7.62. The Morgan fingerprint density at radius 1 is 0.926 bits per heavy atom. The van der Waals surface area contributed by atoms with Crippen molar-refractivity contribution in [1.82, 2.24) is 9.55 Å². The fourth-order valence-corrected chi connectivity index (χ4v) is 3.58. The average molecular weight is 485 g/mol. The van der Waals surface area contributed by atoms with Crippen LogP contribution in [0.2, 0.25) is 5.02 Å². The van der Waals surface area contributed by atoms with E-state index in [0.29, 0.717) is 21.7 Å². The number of para-hydroxylation sites is 1. The van der Waals surface area contributed by atoms with Crippen LogP contribution in [0.1, 0.15) is 11.4 Å². The van der Waals surface area contributed by atoms with Crippen LogP contribution in [0, 0.1) is 3.57 Å². The van der Waals surface area contributed by atoms with Crippen LogP contribution in [0.5, 0.6) is 0 Å². The molecule has 4 rings (SSSR count). The van der Waals surface area contributed by atoms with Crippen molar-refractivity contribution in [3.8, 4) is 5.69 Å². The van der Waals surface area contributed by atoms with Gasteiger partial charge >= 0.3 is 0 Å². The first-order chi connectivity index (χ1) is 13.1. The molecule has 1 aromatic heterocycles. The zero-order valence-corrected chi connectivity index (χ0v) is 17.1. The minimum atomic E-state index is -0.0940. The van der Waals surface area contributed by atoms with Crippen molar-refractivity contribution in [2.24, 2.45) is 0 Å². The van der Waals surface area contributed by atoms with Gasteiger partial charge in [-0.2, -0.15) is 0 Å². The second kappa shape index (κ2) is 7.66. The van der Waals surface area contributed by atoms with Crippen molar-refractivity contribution in [3.05, 3.63) is 103 Å². The maximum Gasteiger partial charge on any atom is 0.266 e. The Morgan fingerprint density at radius 2 is 1.67 bits per heavy atom. The molecule has 0 radical (unpaired) electrons. The lowest BCUT2D eigenvalue weighted by Crippen LogP contribution is -2.22. The van der Waals surface area contributed by atoms with Gasteiger partial charge in [0.15, 0.2) is 0 Å². The molecule has 0 N–H and O–H groups in total. The first-order valence-corrected chi connectivity index (χ1v) is 9.79. The van der Waals surface area contributed by atoms with Gasteiger partial charge in [0.1, 0.15) is 5.82 Å². The summed E-state index contributed by atoms with van der Waals surface area (Å²) in [5.74, 6) is 0.555. The van der Waals surface area contributed by atoms with Crippen LogP contribution < -0.4 is 5.56 Å². The fourth-order valence-electron chi connectivity index (χ4n) is 2.89. The molecule has 0 aliphatic carbocycles. The Kier molecular flexibility index (Phi) is 5.09. The Balaban J connectivity index is 1.97. The summed E-state index contributed by atoms with van der Waals surface area (Å²) in [6.45, 7) is 0.